The molecule has 0 fully saturated rings. The van der Waals surface area contributed by atoms with E-state index in [1.165, 1.54) is 11.6 Å². The van der Waals surface area contributed by atoms with E-state index in [9.17, 15) is 18.0 Å². The fourth-order valence-corrected chi connectivity index (χ4v) is 2.89. The van der Waals surface area contributed by atoms with Crippen LogP contribution in [0.25, 0.3) is 0 Å². The molecule has 0 saturated heterocycles. The molecule has 7 heteroatoms. The van der Waals surface area contributed by atoms with E-state index < -0.39 is 17.7 Å². The second-order valence-electron chi connectivity index (χ2n) is 6.79. The Kier molecular flexibility index (Phi) is 8.99. The average Bonchev–Trinajstić information content (AvgIpc) is 2.68. The number of halogens is 3. The van der Waals surface area contributed by atoms with E-state index in [0.29, 0.717) is 24.9 Å². The summed E-state index contributed by atoms with van der Waals surface area (Å²) in [5.74, 6) is -1.05. The van der Waals surface area contributed by atoms with Crippen LogP contribution in [0.15, 0.2) is 48.5 Å². The molecule has 0 aliphatic rings. The normalized spacial score (nSPS) is 11.4. The number of ether oxygens (including phenoxy) is 1. The van der Waals surface area contributed by atoms with Crippen molar-refractivity contribution in [2.45, 2.75) is 44.8 Å². The lowest BCUT2D eigenvalue weighted by Crippen LogP contribution is -2.17. The molecule has 158 valence electrons. The Morgan fingerprint density at radius 3 is 2.45 bits per heavy atom. The maximum Gasteiger partial charge on any atom is 0.419 e. The monoisotopic (exact) mass is 409 g/mol. The van der Waals surface area contributed by atoms with E-state index in [0.717, 1.165) is 18.9 Å². The molecule has 2 aromatic carbocycles. The van der Waals surface area contributed by atoms with Crippen molar-refractivity contribution >= 4 is 5.97 Å². The number of unbranched alkanes of at least 4 members (excludes halogenated alkanes) is 1. The number of hydrogen-bond donors (Lipinski definition) is 2. The van der Waals surface area contributed by atoms with E-state index in [1.807, 2.05) is 30.3 Å². The molecule has 0 amide bonds. The van der Waals surface area contributed by atoms with Crippen LogP contribution in [0.2, 0.25) is 0 Å². The van der Waals surface area contributed by atoms with Crippen LogP contribution in [0.1, 0.15) is 42.4 Å². The molecule has 0 unspecified atom stereocenters. The third kappa shape index (κ3) is 8.56. The summed E-state index contributed by atoms with van der Waals surface area (Å²) in [6.45, 7) is 0.885. The van der Waals surface area contributed by atoms with Crippen LogP contribution in [0, 0.1) is 0 Å². The highest BCUT2D eigenvalue weighted by atomic mass is 19.4. The van der Waals surface area contributed by atoms with Crippen LogP contribution in [0.5, 0.6) is 5.75 Å². The molecule has 2 N–H and O–H groups in total. The van der Waals surface area contributed by atoms with Gasteiger partial charge in [0.15, 0.2) is 0 Å². The summed E-state index contributed by atoms with van der Waals surface area (Å²) >= 11 is 0. The highest BCUT2D eigenvalue weighted by molar-refractivity contribution is 5.66. The second-order valence-corrected chi connectivity index (χ2v) is 6.79. The van der Waals surface area contributed by atoms with Gasteiger partial charge in [-0.25, -0.2) is 0 Å². The molecule has 0 atom stereocenters. The molecular formula is C22H26F3NO3. The molecule has 0 radical (unpaired) electrons. The molecule has 0 bridgehead atoms. The highest BCUT2D eigenvalue weighted by Gasteiger charge is 2.34. The minimum atomic E-state index is -4.50. The van der Waals surface area contributed by atoms with E-state index in [1.54, 1.807) is 6.07 Å². The Hall–Kier alpha value is -2.54. The molecule has 0 aliphatic heterocycles. The molecule has 0 spiro atoms. The van der Waals surface area contributed by atoms with Gasteiger partial charge >= 0.3 is 12.1 Å². The van der Waals surface area contributed by atoms with E-state index >= 15 is 0 Å². The first-order chi connectivity index (χ1) is 13.9. The molecule has 2 aromatic rings. The van der Waals surface area contributed by atoms with Crippen LogP contribution >= 0.6 is 0 Å². The number of hydrogen-bond acceptors (Lipinski definition) is 3. The van der Waals surface area contributed by atoms with Crippen molar-refractivity contribution in [3.63, 3.8) is 0 Å². The number of carbonyl (C=O) groups is 1. The standard InChI is InChI=1S/C22H26F3NO3/c23-22(24,25)19-15-18(16-26-13-6-10-21(27)28)11-12-20(19)29-14-5-4-9-17-7-2-1-3-8-17/h1-3,7-8,11-12,15,26H,4-6,9-10,13-14,16H2,(H,27,28). The quantitative estimate of drug-likeness (QED) is 0.481. The van der Waals surface area contributed by atoms with Gasteiger partial charge in [-0.3, -0.25) is 4.79 Å². The average molecular weight is 409 g/mol. The summed E-state index contributed by atoms with van der Waals surface area (Å²) in [4.78, 5) is 10.5. The van der Waals surface area contributed by atoms with Crippen molar-refractivity contribution in [2.75, 3.05) is 13.2 Å². The summed E-state index contributed by atoms with van der Waals surface area (Å²) in [6.07, 6.45) is -1.69. The van der Waals surface area contributed by atoms with E-state index in [4.69, 9.17) is 9.84 Å². The third-order valence-corrected chi connectivity index (χ3v) is 4.38. The zero-order valence-corrected chi connectivity index (χ0v) is 16.2. The minimum absolute atomic E-state index is 0.0256. The Morgan fingerprint density at radius 2 is 1.76 bits per heavy atom. The molecule has 0 aromatic heterocycles. The topological polar surface area (TPSA) is 58.6 Å². The minimum Gasteiger partial charge on any atom is -0.493 e. The molecular weight excluding hydrogens is 383 g/mol. The number of rotatable bonds is 12. The summed E-state index contributed by atoms with van der Waals surface area (Å²) in [5.41, 5.74) is 0.887. The van der Waals surface area contributed by atoms with Gasteiger partial charge in [0.2, 0.25) is 0 Å². The first-order valence-electron chi connectivity index (χ1n) is 9.65. The van der Waals surface area contributed by atoms with Gasteiger partial charge in [-0.05, 0) is 55.5 Å². The van der Waals surface area contributed by atoms with Crippen LogP contribution in [0.4, 0.5) is 13.2 Å². The molecule has 0 aliphatic carbocycles. The lowest BCUT2D eigenvalue weighted by molar-refractivity contribution is -0.139. The zero-order chi connectivity index (χ0) is 21.1. The maximum atomic E-state index is 13.4. The summed E-state index contributed by atoms with van der Waals surface area (Å²) < 4.78 is 45.6. The Bertz CT molecular complexity index is 764. The maximum absolute atomic E-state index is 13.4. The Labute approximate surface area is 168 Å². The fraction of sp³-hybridized carbons (Fsp3) is 0.409. The molecule has 0 heterocycles. The summed E-state index contributed by atoms with van der Waals surface area (Å²) in [6, 6.07) is 14.0. The van der Waals surface area contributed by atoms with Gasteiger partial charge in [0.05, 0.1) is 12.2 Å². The van der Waals surface area contributed by atoms with Gasteiger partial charge in [0.1, 0.15) is 5.75 Å². The second kappa shape index (κ2) is 11.5. The first kappa shape index (κ1) is 22.7. The van der Waals surface area contributed by atoms with Crippen molar-refractivity contribution in [3.8, 4) is 5.75 Å². The predicted molar refractivity (Wildman–Crippen MR) is 105 cm³/mol. The van der Waals surface area contributed by atoms with E-state index in [-0.39, 0.29) is 25.3 Å². The summed E-state index contributed by atoms with van der Waals surface area (Å²) in [7, 11) is 0. The van der Waals surface area contributed by atoms with Gasteiger partial charge in [-0.15, -0.1) is 0 Å². The van der Waals surface area contributed by atoms with Crippen LogP contribution < -0.4 is 10.1 Å². The van der Waals surface area contributed by atoms with Gasteiger partial charge in [0.25, 0.3) is 0 Å². The lowest BCUT2D eigenvalue weighted by atomic mass is 10.1. The number of aliphatic carboxylic acids is 1. The third-order valence-electron chi connectivity index (χ3n) is 4.38. The first-order valence-corrected chi connectivity index (χ1v) is 9.65. The van der Waals surface area contributed by atoms with Gasteiger partial charge < -0.3 is 15.2 Å². The number of aryl methyl sites for hydroxylation is 1. The molecule has 4 nitrogen and oxygen atoms in total. The van der Waals surface area contributed by atoms with Crippen LogP contribution in [0.3, 0.4) is 0 Å². The highest BCUT2D eigenvalue weighted by Crippen LogP contribution is 2.37. The Morgan fingerprint density at radius 1 is 1.00 bits per heavy atom. The van der Waals surface area contributed by atoms with Crippen LogP contribution in [-0.2, 0) is 23.9 Å². The molecule has 2 rings (SSSR count). The smallest absolute Gasteiger partial charge is 0.419 e. The fourth-order valence-electron chi connectivity index (χ4n) is 2.89. The SMILES string of the molecule is O=C(O)CCCNCc1ccc(OCCCCc2ccccc2)c(C(F)(F)F)c1. The Balaban J connectivity index is 1.84. The largest absolute Gasteiger partial charge is 0.493 e. The van der Waals surface area contributed by atoms with Crippen molar-refractivity contribution < 1.29 is 27.8 Å². The van der Waals surface area contributed by atoms with Crippen molar-refractivity contribution in [2.24, 2.45) is 0 Å². The number of carboxylic acid groups (broad SMARTS) is 1. The number of nitrogens with one attached hydrogen (secondary N) is 1. The molecule has 29 heavy (non-hydrogen) atoms. The number of alkyl halides is 3. The number of benzene rings is 2. The van der Waals surface area contributed by atoms with Gasteiger partial charge in [0, 0.05) is 13.0 Å². The van der Waals surface area contributed by atoms with Crippen LogP contribution in [-0.4, -0.2) is 24.2 Å². The lowest BCUT2D eigenvalue weighted by Gasteiger charge is -2.16. The van der Waals surface area contributed by atoms with E-state index in [2.05, 4.69) is 5.32 Å². The van der Waals surface area contributed by atoms with Crippen molar-refractivity contribution in [3.05, 3.63) is 65.2 Å². The predicted octanol–water partition coefficient (Wildman–Crippen LogP) is 5.06. The van der Waals surface area contributed by atoms with Gasteiger partial charge in [-0.1, -0.05) is 36.4 Å². The summed E-state index contributed by atoms with van der Waals surface area (Å²) in [5, 5.41) is 11.5. The van der Waals surface area contributed by atoms with Gasteiger partial charge in [-0.2, -0.15) is 13.2 Å². The zero-order valence-electron chi connectivity index (χ0n) is 16.2. The van der Waals surface area contributed by atoms with Crippen molar-refractivity contribution in [1.82, 2.24) is 5.32 Å². The van der Waals surface area contributed by atoms with Crippen molar-refractivity contribution in [1.29, 1.82) is 0 Å². The number of carboxylic acids is 1. The molecule has 0 saturated carbocycles.